The van der Waals surface area contributed by atoms with Crippen molar-refractivity contribution in [1.82, 2.24) is 5.32 Å². The van der Waals surface area contributed by atoms with Crippen molar-refractivity contribution in [1.29, 1.82) is 0 Å². The lowest BCUT2D eigenvalue weighted by Crippen LogP contribution is -2.24. The fourth-order valence-corrected chi connectivity index (χ4v) is 1.24. The van der Waals surface area contributed by atoms with Gasteiger partial charge in [0, 0.05) is 6.04 Å². The lowest BCUT2D eigenvalue weighted by atomic mass is 10.1. The molecule has 14 heavy (non-hydrogen) atoms. The second-order valence-corrected chi connectivity index (χ2v) is 3.43. The van der Waals surface area contributed by atoms with Gasteiger partial charge >= 0.3 is 0 Å². The van der Waals surface area contributed by atoms with Crippen molar-refractivity contribution in [2.24, 2.45) is 0 Å². The minimum atomic E-state index is -2.29. The van der Waals surface area contributed by atoms with Crippen molar-refractivity contribution in [3.05, 3.63) is 35.4 Å². The molecule has 0 spiro atoms. The molecular weight excluding hydrogens is 184 g/mol. The van der Waals surface area contributed by atoms with Crippen LogP contribution in [0.5, 0.6) is 0 Å². The highest BCUT2D eigenvalue weighted by Gasteiger charge is 2.07. The Labute approximate surface area is 83.1 Å². The number of benzene rings is 1. The molecule has 0 unspecified atom stereocenters. The van der Waals surface area contributed by atoms with Crippen LogP contribution in [0.2, 0.25) is 0 Å². The van der Waals surface area contributed by atoms with Crippen molar-refractivity contribution in [3.63, 3.8) is 0 Å². The number of rotatable bonds is 4. The molecule has 1 nitrogen and oxygen atoms in total. The molecule has 0 heterocycles. The van der Waals surface area contributed by atoms with Gasteiger partial charge in [-0.05, 0) is 19.4 Å². The summed E-state index contributed by atoms with van der Waals surface area (Å²) in [6, 6.07) is 7.85. The first kappa shape index (κ1) is 11.1. The first-order valence-electron chi connectivity index (χ1n) is 4.67. The average Bonchev–Trinajstić information content (AvgIpc) is 2.15. The smallest absolute Gasteiger partial charge is 0.250 e. The van der Waals surface area contributed by atoms with Crippen LogP contribution in [0.1, 0.15) is 24.1 Å². The largest absolute Gasteiger partial charge is 0.305 e. The van der Waals surface area contributed by atoms with Crippen LogP contribution in [0.25, 0.3) is 0 Å². The summed E-state index contributed by atoms with van der Waals surface area (Å²) in [6.45, 7) is 3.63. The molecule has 1 aromatic carbocycles. The van der Waals surface area contributed by atoms with Crippen LogP contribution in [-0.2, 0) is 0 Å². The van der Waals surface area contributed by atoms with E-state index in [1.165, 1.54) is 5.56 Å². The van der Waals surface area contributed by atoms with Gasteiger partial charge in [-0.3, -0.25) is 0 Å². The summed E-state index contributed by atoms with van der Waals surface area (Å²) < 4.78 is 23.8. The Hall–Kier alpha value is -0.960. The van der Waals surface area contributed by atoms with Gasteiger partial charge in [0.2, 0.25) is 0 Å². The molecule has 0 bridgehead atoms. The molecule has 0 saturated heterocycles. The number of hydrogen-bond donors (Lipinski definition) is 1. The Morgan fingerprint density at radius 3 is 2.29 bits per heavy atom. The van der Waals surface area contributed by atoms with Crippen molar-refractivity contribution in [3.8, 4) is 0 Å². The Morgan fingerprint density at radius 1 is 1.21 bits per heavy atom. The highest BCUT2D eigenvalue weighted by Crippen LogP contribution is 2.12. The predicted octanol–water partition coefficient (Wildman–Crippen LogP) is 2.91. The average molecular weight is 199 g/mol. The monoisotopic (exact) mass is 199 g/mol. The number of nitrogens with one attached hydrogen (secondary N) is 1. The lowest BCUT2D eigenvalue weighted by molar-refractivity contribution is 0.142. The standard InChI is InChI=1S/C11H15F2N/c1-8-3-5-10(6-4-8)9(2)14-7-11(12)13/h3-6,9,11,14H,7H2,1-2H3/t9-/m1/s1. The summed E-state index contributed by atoms with van der Waals surface area (Å²) in [6.07, 6.45) is -2.29. The molecule has 1 rings (SSSR count). The van der Waals surface area contributed by atoms with E-state index in [9.17, 15) is 8.78 Å². The second-order valence-electron chi connectivity index (χ2n) is 3.43. The van der Waals surface area contributed by atoms with Crippen molar-refractivity contribution < 1.29 is 8.78 Å². The van der Waals surface area contributed by atoms with Gasteiger partial charge in [-0.15, -0.1) is 0 Å². The minimum Gasteiger partial charge on any atom is -0.305 e. The normalized spacial score (nSPS) is 13.2. The van der Waals surface area contributed by atoms with E-state index < -0.39 is 6.43 Å². The summed E-state index contributed by atoms with van der Waals surface area (Å²) >= 11 is 0. The van der Waals surface area contributed by atoms with Crippen molar-refractivity contribution in [2.45, 2.75) is 26.3 Å². The molecule has 0 fully saturated rings. The van der Waals surface area contributed by atoms with E-state index in [0.29, 0.717) is 0 Å². The Kier molecular flexibility index (Phi) is 4.01. The first-order chi connectivity index (χ1) is 6.59. The number of alkyl halides is 2. The van der Waals surface area contributed by atoms with Gasteiger partial charge in [0.25, 0.3) is 6.43 Å². The molecule has 0 aromatic heterocycles. The second kappa shape index (κ2) is 5.05. The quantitative estimate of drug-likeness (QED) is 0.786. The van der Waals surface area contributed by atoms with Crippen LogP contribution in [-0.4, -0.2) is 13.0 Å². The van der Waals surface area contributed by atoms with Gasteiger partial charge < -0.3 is 5.32 Å². The molecule has 0 aliphatic heterocycles. The molecule has 78 valence electrons. The molecule has 3 heteroatoms. The molecule has 1 N–H and O–H groups in total. The van der Waals surface area contributed by atoms with E-state index >= 15 is 0 Å². The highest BCUT2D eigenvalue weighted by molar-refractivity contribution is 5.23. The fourth-order valence-electron chi connectivity index (χ4n) is 1.24. The van der Waals surface area contributed by atoms with Gasteiger partial charge in [0.05, 0.1) is 6.54 Å². The Bertz CT molecular complexity index is 269. The molecular formula is C11H15F2N. The van der Waals surface area contributed by atoms with Crippen LogP contribution in [0, 0.1) is 6.92 Å². The van der Waals surface area contributed by atoms with Crippen molar-refractivity contribution >= 4 is 0 Å². The number of halogens is 2. The van der Waals surface area contributed by atoms with E-state index in [1.54, 1.807) is 0 Å². The zero-order valence-corrected chi connectivity index (χ0v) is 8.43. The third kappa shape index (κ3) is 3.42. The van der Waals surface area contributed by atoms with Gasteiger partial charge in [-0.25, -0.2) is 8.78 Å². The molecule has 0 aliphatic carbocycles. The number of aryl methyl sites for hydroxylation is 1. The zero-order valence-electron chi connectivity index (χ0n) is 8.43. The first-order valence-corrected chi connectivity index (χ1v) is 4.67. The maximum atomic E-state index is 11.9. The maximum Gasteiger partial charge on any atom is 0.250 e. The molecule has 0 radical (unpaired) electrons. The number of hydrogen-bond acceptors (Lipinski definition) is 1. The maximum absolute atomic E-state index is 11.9. The highest BCUT2D eigenvalue weighted by atomic mass is 19.3. The van der Waals surface area contributed by atoms with Gasteiger partial charge in [-0.1, -0.05) is 29.8 Å². The van der Waals surface area contributed by atoms with E-state index in [4.69, 9.17) is 0 Å². The third-order valence-electron chi connectivity index (χ3n) is 2.16. The topological polar surface area (TPSA) is 12.0 Å². The van der Waals surface area contributed by atoms with Crippen molar-refractivity contribution in [2.75, 3.05) is 6.54 Å². The lowest BCUT2D eigenvalue weighted by Gasteiger charge is -2.13. The summed E-state index contributed by atoms with van der Waals surface area (Å²) in [7, 11) is 0. The van der Waals surface area contributed by atoms with E-state index in [1.807, 2.05) is 38.1 Å². The summed E-state index contributed by atoms with van der Waals surface area (Å²) in [5, 5.41) is 2.77. The van der Waals surface area contributed by atoms with Gasteiger partial charge in [0.15, 0.2) is 0 Å². The van der Waals surface area contributed by atoms with Crippen LogP contribution >= 0.6 is 0 Å². The third-order valence-corrected chi connectivity index (χ3v) is 2.16. The molecule has 1 atom stereocenters. The Morgan fingerprint density at radius 2 is 1.79 bits per heavy atom. The zero-order chi connectivity index (χ0) is 10.6. The molecule has 0 saturated carbocycles. The summed E-state index contributed by atoms with van der Waals surface area (Å²) in [5.41, 5.74) is 2.21. The molecule has 0 aliphatic rings. The summed E-state index contributed by atoms with van der Waals surface area (Å²) in [4.78, 5) is 0. The van der Waals surface area contributed by atoms with E-state index in [0.717, 1.165) is 5.56 Å². The molecule has 0 amide bonds. The Balaban J connectivity index is 2.52. The van der Waals surface area contributed by atoms with Crippen LogP contribution < -0.4 is 5.32 Å². The summed E-state index contributed by atoms with van der Waals surface area (Å²) in [5.74, 6) is 0. The minimum absolute atomic E-state index is 0.0235. The fraction of sp³-hybridized carbons (Fsp3) is 0.455. The van der Waals surface area contributed by atoms with Crippen LogP contribution in [0.3, 0.4) is 0 Å². The van der Waals surface area contributed by atoms with E-state index in [2.05, 4.69) is 5.32 Å². The molecule has 1 aromatic rings. The van der Waals surface area contributed by atoms with Gasteiger partial charge in [0.1, 0.15) is 0 Å². The van der Waals surface area contributed by atoms with Crippen LogP contribution in [0.4, 0.5) is 8.78 Å². The van der Waals surface area contributed by atoms with E-state index in [-0.39, 0.29) is 12.6 Å². The van der Waals surface area contributed by atoms with Gasteiger partial charge in [-0.2, -0.15) is 0 Å². The van der Waals surface area contributed by atoms with Crippen LogP contribution in [0.15, 0.2) is 24.3 Å². The SMILES string of the molecule is Cc1ccc([C@@H](C)NCC(F)F)cc1. The predicted molar refractivity (Wildman–Crippen MR) is 53.6 cm³/mol.